The number of benzene rings is 8. The molecule has 0 bridgehead atoms. The van der Waals surface area contributed by atoms with E-state index in [1.807, 2.05) is 109 Å². The van der Waals surface area contributed by atoms with Crippen LogP contribution in [0.4, 0.5) is 0 Å². The summed E-state index contributed by atoms with van der Waals surface area (Å²) >= 11 is 0. The van der Waals surface area contributed by atoms with Gasteiger partial charge in [0.25, 0.3) is 0 Å². The van der Waals surface area contributed by atoms with Crippen LogP contribution < -0.4 is 20.7 Å². The Morgan fingerprint density at radius 2 is 0.768 bits per heavy atom. The van der Waals surface area contributed by atoms with Crippen molar-refractivity contribution in [3.8, 4) is 56.9 Å². The van der Waals surface area contributed by atoms with Gasteiger partial charge in [0.05, 0.1) is 55.4 Å². The Balaban J connectivity index is 1.17. The molecule has 0 spiro atoms. The average molecular weight is 914 g/mol. The van der Waals surface area contributed by atoms with Crippen LogP contribution in [0.1, 0.15) is 21.9 Å². The molecule has 69 heavy (non-hydrogen) atoms. The summed E-state index contributed by atoms with van der Waals surface area (Å²) in [7, 11) is -3.77. The van der Waals surface area contributed by atoms with Crippen molar-refractivity contribution in [2.24, 2.45) is 0 Å². The highest BCUT2D eigenvalue weighted by Gasteiger charge is 2.53. The van der Waals surface area contributed by atoms with Gasteiger partial charge >= 0.3 is 0 Å². The van der Waals surface area contributed by atoms with E-state index in [1.165, 1.54) is 0 Å². The summed E-state index contributed by atoms with van der Waals surface area (Å²) in [6.45, 7) is 0. The second-order valence-electron chi connectivity index (χ2n) is 16.4. The lowest BCUT2D eigenvalue weighted by molar-refractivity contribution is 0.893. The SMILES string of the molecule is [2H]c1c([2H])c([2H])c2c(c1[2H])c1c([2H])c([2H])c([2H])c([2H])c1n2-c1nc(-c2cccc([Si]3(c4ccccc4)c4c(-c5ccccc5)ccnc4-c4nccc(-c5ccccc5)c43)c2)nc(-n2c3c([2H])c([2H])c([2H])c([2H])c3c3c([2H])c([2H])c([2H])c([2H])c32)n1. The molecule has 8 aromatic carbocycles. The maximum Gasteiger partial charge on any atom is 0.240 e. The lowest BCUT2D eigenvalue weighted by Crippen LogP contribution is -2.73. The number of aromatic nitrogens is 7. The van der Waals surface area contributed by atoms with Crippen LogP contribution in [-0.2, 0) is 0 Å². The largest absolute Gasteiger partial charge is 0.278 e. The minimum absolute atomic E-state index is 0.171. The third kappa shape index (κ3) is 5.82. The molecule has 322 valence electrons. The van der Waals surface area contributed by atoms with Crippen LogP contribution in [0.5, 0.6) is 0 Å². The summed E-state index contributed by atoms with van der Waals surface area (Å²) < 4.78 is 148. The molecule has 7 nitrogen and oxygen atoms in total. The Bertz CT molecular complexity index is 4680. The summed E-state index contributed by atoms with van der Waals surface area (Å²) in [5, 5.41) is 2.51. The van der Waals surface area contributed by atoms with Gasteiger partial charge in [0, 0.05) is 39.5 Å². The third-order valence-corrected chi connectivity index (χ3v) is 17.8. The normalized spacial score (nSPS) is 16.0. The van der Waals surface area contributed by atoms with E-state index in [2.05, 4.69) is 12.1 Å². The van der Waals surface area contributed by atoms with Crippen molar-refractivity contribution in [1.29, 1.82) is 0 Å². The molecule has 0 fully saturated rings. The van der Waals surface area contributed by atoms with Gasteiger partial charge < -0.3 is 0 Å². The molecular weight excluding hydrogens is 859 g/mol. The van der Waals surface area contributed by atoms with Crippen LogP contribution in [0.25, 0.3) is 101 Å². The zero-order valence-electron chi connectivity index (χ0n) is 51.9. The molecule has 14 rings (SSSR count). The van der Waals surface area contributed by atoms with Crippen LogP contribution in [-0.4, -0.2) is 42.1 Å². The third-order valence-electron chi connectivity index (χ3n) is 12.9. The highest BCUT2D eigenvalue weighted by molar-refractivity contribution is 7.23. The van der Waals surface area contributed by atoms with Crippen molar-refractivity contribution in [2.75, 3.05) is 0 Å². The van der Waals surface area contributed by atoms with E-state index in [0.29, 0.717) is 17.0 Å². The van der Waals surface area contributed by atoms with Gasteiger partial charge in [-0.1, -0.05) is 188 Å². The van der Waals surface area contributed by atoms with E-state index in [1.54, 1.807) is 18.5 Å². The van der Waals surface area contributed by atoms with E-state index in [4.69, 9.17) is 35.9 Å². The van der Waals surface area contributed by atoms with Crippen molar-refractivity contribution in [2.45, 2.75) is 0 Å². The topological polar surface area (TPSA) is 74.3 Å². The van der Waals surface area contributed by atoms with Crippen LogP contribution >= 0.6 is 0 Å². The summed E-state index contributed by atoms with van der Waals surface area (Å²) in [6, 6.07) is 30.9. The Morgan fingerprint density at radius 3 is 1.22 bits per heavy atom. The molecule has 1 aliphatic rings. The first-order valence-corrected chi connectivity index (χ1v) is 23.9. The van der Waals surface area contributed by atoms with Crippen molar-refractivity contribution < 1.29 is 21.9 Å². The Kier molecular flexibility index (Phi) is 5.90. The summed E-state index contributed by atoms with van der Waals surface area (Å²) in [5.41, 5.74) is 3.97. The first-order chi connectivity index (χ1) is 40.9. The van der Waals surface area contributed by atoms with Crippen LogP contribution in [0.2, 0.25) is 0 Å². The molecule has 0 saturated carbocycles. The monoisotopic (exact) mass is 913 g/mol. The smallest absolute Gasteiger partial charge is 0.240 e. The number of rotatable bonds is 7. The summed E-state index contributed by atoms with van der Waals surface area (Å²) in [5.74, 6) is -1.15. The van der Waals surface area contributed by atoms with Crippen LogP contribution in [0, 0.1) is 0 Å². The Morgan fingerprint density at radius 1 is 0.377 bits per heavy atom. The second kappa shape index (κ2) is 15.5. The van der Waals surface area contributed by atoms with E-state index in [0.717, 1.165) is 52.1 Å². The van der Waals surface area contributed by atoms with E-state index in [9.17, 15) is 11.0 Å². The van der Waals surface area contributed by atoms with Crippen LogP contribution in [0.3, 0.4) is 0 Å². The molecule has 13 aromatic rings. The van der Waals surface area contributed by atoms with Crippen LogP contribution in [0.15, 0.2) is 236 Å². The molecule has 0 atom stereocenters. The molecule has 8 heteroatoms. The first kappa shape index (κ1) is 26.3. The minimum Gasteiger partial charge on any atom is -0.278 e. The lowest BCUT2D eigenvalue weighted by atomic mass is 10.0. The number of pyridine rings is 2. The van der Waals surface area contributed by atoms with Gasteiger partial charge in [-0.15, -0.1) is 0 Å². The predicted octanol–water partition coefficient (Wildman–Crippen LogP) is 11.2. The molecule has 0 unspecified atom stereocenters. The Labute approximate surface area is 420 Å². The highest BCUT2D eigenvalue weighted by atomic mass is 28.3. The second-order valence-corrected chi connectivity index (χ2v) is 20.1. The molecule has 0 radical (unpaired) electrons. The van der Waals surface area contributed by atoms with Gasteiger partial charge in [-0.3, -0.25) is 19.1 Å². The van der Waals surface area contributed by atoms with E-state index >= 15 is 0 Å². The van der Waals surface area contributed by atoms with Gasteiger partial charge in [0.2, 0.25) is 11.9 Å². The van der Waals surface area contributed by atoms with Gasteiger partial charge in [-0.2, -0.15) is 15.0 Å². The molecule has 0 saturated heterocycles. The Hall–Kier alpha value is -9.11. The van der Waals surface area contributed by atoms with Gasteiger partial charge in [-0.25, -0.2) is 0 Å². The fourth-order valence-electron chi connectivity index (χ4n) is 10.1. The number of fused-ring (bicyclic) bond motifs is 9. The van der Waals surface area contributed by atoms with E-state index in [-0.39, 0.29) is 49.4 Å². The first-order valence-electron chi connectivity index (χ1n) is 29.9. The van der Waals surface area contributed by atoms with Crippen molar-refractivity contribution >= 4 is 72.4 Å². The van der Waals surface area contributed by atoms with Crippen molar-refractivity contribution in [1.82, 2.24) is 34.1 Å². The highest BCUT2D eigenvalue weighted by Crippen LogP contribution is 2.37. The zero-order chi connectivity index (χ0) is 59.4. The summed E-state index contributed by atoms with van der Waals surface area (Å²) in [4.78, 5) is 25.4. The molecular formula is C61H39N7Si. The quantitative estimate of drug-likeness (QED) is 0.149. The maximum absolute atomic E-state index is 9.44. The minimum atomic E-state index is -3.77. The molecule has 5 aromatic heterocycles. The fourth-order valence-corrected chi connectivity index (χ4v) is 15.6. The van der Waals surface area contributed by atoms with Crippen molar-refractivity contribution in [3.63, 3.8) is 0 Å². The lowest BCUT2D eigenvalue weighted by Gasteiger charge is -2.34. The average Bonchev–Trinajstić information content (AvgIpc) is 1.81. The molecule has 1 aliphatic heterocycles. The van der Waals surface area contributed by atoms with Gasteiger partial charge in [0.15, 0.2) is 13.9 Å². The maximum atomic E-state index is 9.44. The molecule has 0 amide bonds. The standard InChI is InChI=1S/C61H39N7Si/c1-4-19-40(20-5-1)45-35-37-62-55-56-58(46(36-38-63-56)41-21-6-2-7-22-41)69(57(45)55,43-24-8-3-9-25-43)44-26-18-23-42(39-44)59-64-60(67-51-31-14-10-27-47(51)48-28-11-15-32-52(48)67)66-61(65-59)68-53-33-16-12-29-49(53)50-30-13-17-34-54(50)68/h1-39H/i10D,11D,12D,13D,14D,15D,16D,17D,27D,28D,29D,30D,31D,32D,33D,34D. The number of hydrogen-bond acceptors (Lipinski definition) is 5. The van der Waals surface area contributed by atoms with Gasteiger partial charge in [-0.05, 0) is 79.3 Å². The number of nitrogens with zero attached hydrogens (tertiary/aromatic N) is 7. The molecule has 0 aliphatic carbocycles. The molecule has 0 N–H and O–H groups in total. The number of hydrogen-bond donors (Lipinski definition) is 0. The molecule has 6 heterocycles. The van der Waals surface area contributed by atoms with Crippen molar-refractivity contribution in [3.05, 3.63) is 236 Å². The number of para-hydroxylation sites is 4. The van der Waals surface area contributed by atoms with E-state index < -0.39 is 117 Å². The van der Waals surface area contributed by atoms with Gasteiger partial charge in [0.1, 0.15) is 0 Å². The predicted molar refractivity (Wildman–Crippen MR) is 283 cm³/mol. The fraction of sp³-hybridized carbons (Fsp3) is 0. The summed E-state index contributed by atoms with van der Waals surface area (Å²) in [6.07, 6.45) is 3.57. The zero-order valence-corrected chi connectivity index (χ0v) is 36.9.